The zero-order chi connectivity index (χ0) is 19.9. The lowest BCUT2D eigenvalue weighted by molar-refractivity contribution is 0.173. The molecular weight excluding hydrogens is 353 g/mol. The van der Waals surface area contributed by atoms with E-state index in [1.54, 1.807) is 18.2 Å². The maximum absolute atomic E-state index is 13.5. The number of carbonyl (C=O) groups is 1. The highest BCUT2D eigenvalue weighted by molar-refractivity contribution is 5.77. The summed E-state index contributed by atoms with van der Waals surface area (Å²) < 4.78 is 13.5. The summed E-state index contributed by atoms with van der Waals surface area (Å²) in [6.45, 7) is 10.4. The molecule has 0 aromatic heterocycles. The minimum Gasteiger partial charge on any atom is -0.333 e. The molecule has 28 heavy (non-hydrogen) atoms. The van der Waals surface area contributed by atoms with E-state index in [0.717, 1.165) is 36.2 Å². The summed E-state index contributed by atoms with van der Waals surface area (Å²) in [6, 6.07) is 6.25. The van der Waals surface area contributed by atoms with Crippen molar-refractivity contribution >= 4 is 6.03 Å². The molecule has 2 aliphatic heterocycles. The Morgan fingerprint density at radius 3 is 2.61 bits per heavy atom. The van der Waals surface area contributed by atoms with Gasteiger partial charge in [0.05, 0.1) is 12.1 Å². The molecular formula is C23H30FN3O. The van der Waals surface area contributed by atoms with Gasteiger partial charge in [-0.2, -0.15) is 0 Å². The Labute approximate surface area is 167 Å². The van der Waals surface area contributed by atoms with Gasteiger partial charge in [0.25, 0.3) is 0 Å². The number of carbonyl (C=O) groups excluding carboxylic acids is 1. The van der Waals surface area contributed by atoms with E-state index in [9.17, 15) is 9.18 Å². The van der Waals surface area contributed by atoms with Crippen molar-refractivity contribution in [3.8, 4) is 0 Å². The molecule has 2 amide bonds. The van der Waals surface area contributed by atoms with E-state index in [4.69, 9.17) is 0 Å². The number of benzene rings is 1. The third kappa shape index (κ3) is 3.28. The van der Waals surface area contributed by atoms with Gasteiger partial charge in [0.1, 0.15) is 5.82 Å². The fourth-order valence-corrected chi connectivity index (χ4v) is 4.86. The van der Waals surface area contributed by atoms with Crippen molar-refractivity contribution < 1.29 is 10.6 Å². The predicted octanol–water partition coefficient (Wildman–Crippen LogP) is 4.29. The highest BCUT2D eigenvalue weighted by atomic mass is 19.1. The first-order valence-electron chi connectivity index (χ1n) is 9.96. The van der Waals surface area contributed by atoms with E-state index in [0.29, 0.717) is 6.54 Å². The van der Waals surface area contributed by atoms with Crippen molar-refractivity contribution in [1.82, 2.24) is 15.1 Å². The molecule has 1 aromatic rings. The van der Waals surface area contributed by atoms with Crippen LogP contribution in [-0.2, 0) is 0 Å². The van der Waals surface area contributed by atoms with Gasteiger partial charge in [-0.1, -0.05) is 37.4 Å². The number of hydrogen-bond acceptors (Lipinski definition) is 2. The Hall–Kier alpha value is -2.40. The number of likely N-dealkylation sites (tertiary alicyclic amines) is 1. The Morgan fingerprint density at radius 1 is 1.29 bits per heavy atom. The SMILES string of the molecule is C=CC1=C(C=C)[C@H](c2ccc(F)cc2)N(C(=O)N[C@@H]2CN(C)CC23CC3)CC1.[HH]. The van der Waals surface area contributed by atoms with Gasteiger partial charge in [0, 0.05) is 26.5 Å². The molecule has 2 fully saturated rings. The molecule has 2 atom stereocenters. The van der Waals surface area contributed by atoms with Crippen LogP contribution in [0.3, 0.4) is 0 Å². The van der Waals surface area contributed by atoms with Crippen molar-refractivity contribution in [3.05, 3.63) is 72.1 Å². The summed E-state index contributed by atoms with van der Waals surface area (Å²) >= 11 is 0. The number of urea groups is 1. The number of nitrogens with zero attached hydrogens (tertiary/aromatic N) is 2. The van der Waals surface area contributed by atoms with Crippen LogP contribution in [0.4, 0.5) is 9.18 Å². The molecule has 1 saturated heterocycles. The van der Waals surface area contributed by atoms with Crippen LogP contribution in [0.5, 0.6) is 0 Å². The van der Waals surface area contributed by atoms with E-state index in [1.807, 2.05) is 11.0 Å². The average Bonchev–Trinajstić information content (AvgIpc) is 3.40. The number of rotatable bonds is 4. The minimum atomic E-state index is -0.284. The second-order valence-electron chi connectivity index (χ2n) is 8.35. The van der Waals surface area contributed by atoms with Crippen LogP contribution in [0.25, 0.3) is 0 Å². The normalized spacial score (nSPS) is 26.4. The Balaban J connectivity index is 0.00000240. The number of likely N-dealkylation sites (N-methyl/N-ethyl adjacent to an activating group) is 1. The van der Waals surface area contributed by atoms with Crippen molar-refractivity contribution in [2.24, 2.45) is 5.41 Å². The summed E-state index contributed by atoms with van der Waals surface area (Å²) in [6.07, 6.45) is 6.75. The van der Waals surface area contributed by atoms with Crippen LogP contribution < -0.4 is 5.32 Å². The Kier molecular flexibility index (Phi) is 4.88. The van der Waals surface area contributed by atoms with Gasteiger partial charge < -0.3 is 15.1 Å². The molecule has 4 rings (SSSR count). The van der Waals surface area contributed by atoms with Crippen molar-refractivity contribution in [1.29, 1.82) is 0 Å². The second kappa shape index (κ2) is 7.21. The van der Waals surface area contributed by atoms with E-state index in [1.165, 1.54) is 25.0 Å². The molecule has 0 unspecified atom stereocenters. The lowest BCUT2D eigenvalue weighted by Crippen LogP contribution is -2.51. The van der Waals surface area contributed by atoms with Gasteiger partial charge in [0.15, 0.2) is 0 Å². The number of allylic oxidation sites excluding steroid dienone is 1. The predicted molar refractivity (Wildman–Crippen MR) is 111 cm³/mol. The van der Waals surface area contributed by atoms with Crippen LogP contribution in [0.15, 0.2) is 60.7 Å². The molecule has 0 radical (unpaired) electrons. The number of nitrogens with one attached hydrogen (secondary N) is 1. The van der Waals surface area contributed by atoms with Gasteiger partial charge in [-0.15, -0.1) is 0 Å². The third-order valence-corrected chi connectivity index (χ3v) is 6.52. The smallest absolute Gasteiger partial charge is 0.318 e. The molecule has 4 nitrogen and oxygen atoms in total. The summed E-state index contributed by atoms with van der Waals surface area (Å²) in [5.74, 6) is -0.284. The van der Waals surface area contributed by atoms with Gasteiger partial charge in [0.2, 0.25) is 0 Å². The zero-order valence-electron chi connectivity index (χ0n) is 16.5. The Bertz CT molecular complexity index is 831. The molecule has 1 aliphatic carbocycles. The number of amides is 2. The lowest BCUT2D eigenvalue weighted by atomic mass is 9.88. The molecule has 2 heterocycles. The average molecular weight is 384 g/mol. The van der Waals surface area contributed by atoms with Crippen LogP contribution in [-0.4, -0.2) is 48.6 Å². The summed E-state index contributed by atoms with van der Waals surface area (Å²) in [7, 11) is 2.11. The van der Waals surface area contributed by atoms with Gasteiger partial charge in [-0.05, 0) is 55.2 Å². The van der Waals surface area contributed by atoms with Crippen LogP contribution >= 0.6 is 0 Å². The molecule has 5 heteroatoms. The highest BCUT2D eigenvalue weighted by Gasteiger charge is 2.55. The second-order valence-corrected chi connectivity index (χ2v) is 8.35. The zero-order valence-corrected chi connectivity index (χ0v) is 16.5. The van der Waals surface area contributed by atoms with Crippen LogP contribution in [0.1, 0.15) is 32.3 Å². The van der Waals surface area contributed by atoms with Crippen molar-refractivity contribution in [2.75, 3.05) is 26.7 Å². The van der Waals surface area contributed by atoms with Crippen LogP contribution in [0.2, 0.25) is 0 Å². The fourth-order valence-electron chi connectivity index (χ4n) is 4.86. The molecule has 1 saturated carbocycles. The molecule has 3 aliphatic rings. The van der Waals surface area contributed by atoms with E-state index >= 15 is 0 Å². The maximum atomic E-state index is 13.5. The number of hydrogen-bond donors (Lipinski definition) is 1. The van der Waals surface area contributed by atoms with Crippen molar-refractivity contribution in [2.45, 2.75) is 31.3 Å². The molecule has 1 spiro atoms. The summed E-state index contributed by atoms with van der Waals surface area (Å²) in [4.78, 5) is 17.5. The van der Waals surface area contributed by atoms with Crippen LogP contribution in [0, 0.1) is 11.2 Å². The largest absolute Gasteiger partial charge is 0.333 e. The first-order valence-corrected chi connectivity index (χ1v) is 9.96. The van der Waals surface area contributed by atoms with Gasteiger partial charge in [-0.25, -0.2) is 9.18 Å². The lowest BCUT2D eigenvalue weighted by Gasteiger charge is -2.39. The summed E-state index contributed by atoms with van der Waals surface area (Å²) in [5, 5.41) is 3.31. The third-order valence-electron chi connectivity index (χ3n) is 6.52. The van der Waals surface area contributed by atoms with Gasteiger partial charge in [-0.3, -0.25) is 0 Å². The quantitative estimate of drug-likeness (QED) is 0.842. The first kappa shape index (κ1) is 18.9. The Morgan fingerprint density at radius 2 is 2.00 bits per heavy atom. The topological polar surface area (TPSA) is 35.6 Å². The molecule has 1 N–H and O–H groups in total. The number of halogens is 1. The molecule has 1 aromatic carbocycles. The van der Waals surface area contributed by atoms with E-state index in [-0.39, 0.29) is 30.8 Å². The summed E-state index contributed by atoms with van der Waals surface area (Å²) in [5.41, 5.74) is 3.20. The van der Waals surface area contributed by atoms with Crippen molar-refractivity contribution in [3.63, 3.8) is 0 Å². The highest BCUT2D eigenvalue weighted by Crippen LogP contribution is 2.52. The molecule has 0 bridgehead atoms. The maximum Gasteiger partial charge on any atom is 0.318 e. The molecule has 150 valence electrons. The minimum absolute atomic E-state index is 0. The fraction of sp³-hybridized carbons (Fsp3) is 0.435. The first-order chi connectivity index (χ1) is 13.5. The van der Waals surface area contributed by atoms with E-state index < -0.39 is 0 Å². The van der Waals surface area contributed by atoms with E-state index in [2.05, 4.69) is 30.4 Å². The van der Waals surface area contributed by atoms with Gasteiger partial charge >= 0.3 is 6.03 Å². The standard InChI is InChI=1S/C23H28FN3O.H2/c1-4-16-10-13-27(21(19(16)5-2)17-6-8-18(24)9-7-17)22(28)25-20-14-26(3)15-23(20)11-12-23;/h4-9,20-21H,1-2,10-15H2,3H3,(H,25,28);1H/t20-,21+;/m1./s1. The monoisotopic (exact) mass is 383 g/mol.